The van der Waals surface area contributed by atoms with Crippen LogP contribution in [-0.4, -0.2) is 23.1 Å². The van der Waals surface area contributed by atoms with Crippen molar-refractivity contribution in [2.45, 2.75) is 19.3 Å². The molecule has 1 fully saturated rings. The van der Waals surface area contributed by atoms with E-state index < -0.39 is 0 Å². The van der Waals surface area contributed by atoms with Crippen molar-refractivity contribution < 1.29 is 0 Å². The SMILES string of the molecule is Cc1cccc(-c2cnc(C3CCNC3)[nH]2)c1. The molecule has 17 heavy (non-hydrogen) atoms. The third-order valence-electron chi connectivity index (χ3n) is 3.37. The van der Waals surface area contributed by atoms with Crippen LogP contribution < -0.4 is 5.32 Å². The monoisotopic (exact) mass is 227 g/mol. The van der Waals surface area contributed by atoms with E-state index in [-0.39, 0.29) is 0 Å². The van der Waals surface area contributed by atoms with E-state index in [2.05, 4.69) is 46.5 Å². The van der Waals surface area contributed by atoms with Gasteiger partial charge in [0.05, 0.1) is 11.9 Å². The molecular weight excluding hydrogens is 210 g/mol. The Hall–Kier alpha value is -1.61. The van der Waals surface area contributed by atoms with Crippen LogP contribution >= 0.6 is 0 Å². The molecule has 0 aliphatic carbocycles. The number of aromatic amines is 1. The van der Waals surface area contributed by atoms with Crippen molar-refractivity contribution in [3.8, 4) is 11.3 Å². The summed E-state index contributed by atoms with van der Waals surface area (Å²) in [7, 11) is 0. The summed E-state index contributed by atoms with van der Waals surface area (Å²) in [4.78, 5) is 7.96. The Morgan fingerprint density at radius 3 is 3.06 bits per heavy atom. The molecule has 1 aromatic heterocycles. The minimum absolute atomic E-state index is 0.550. The van der Waals surface area contributed by atoms with E-state index in [1.165, 1.54) is 17.5 Å². The molecule has 1 aliphatic rings. The predicted octanol–water partition coefficient (Wildman–Crippen LogP) is 2.46. The second-order valence-electron chi connectivity index (χ2n) is 4.74. The molecule has 1 aliphatic heterocycles. The fourth-order valence-electron chi connectivity index (χ4n) is 2.39. The molecule has 1 unspecified atom stereocenters. The molecule has 0 bridgehead atoms. The first-order chi connectivity index (χ1) is 8.33. The number of hydrogen-bond donors (Lipinski definition) is 2. The highest BCUT2D eigenvalue weighted by Crippen LogP contribution is 2.23. The van der Waals surface area contributed by atoms with Crippen molar-refractivity contribution in [3.63, 3.8) is 0 Å². The second-order valence-corrected chi connectivity index (χ2v) is 4.74. The molecule has 3 heteroatoms. The lowest BCUT2D eigenvalue weighted by Crippen LogP contribution is -2.08. The average Bonchev–Trinajstić information content (AvgIpc) is 3.00. The first-order valence-corrected chi connectivity index (χ1v) is 6.15. The molecule has 0 amide bonds. The van der Waals surface area contributed by atoms with Crippen LogP contribution in [0.2, 0.25) is 0 Å². The van der Waals surface area contributed by atoms with Gasteiger partial charge in [-0.2, -0.15) is 0 Å². The van der Waals surface area contributed by atoms with Crippen molar-refractivity contribution in [2.24, 2.45) is 0 Å². The summed E-state index contributed by atoms with van der Waals surface area (Å²) in [6.45, 7) is 4.26. The van der Waals surface area contributed by atoms with Gasteiger partial charge in [-0.3, -0.25) is 0 Å². The molecule has 1 atom stereocenters. The van der Waals surface area contributed by atoms with Gasteiger partial charge in [-0.05, 0) is 31.5 Å². The van der Waals surface area contributed by atoms with Crippen molar-refractivity contribution >= 4 is 0 Å². The Labute approximate surface area is 101 Å². The van der Waals surface area contributed by atoms with Gasteiger partial charge in [0.2, 0.25) is 0 Å². The molecule has 88 valence electrons. The van der Waals surface area contributed by atoms with Gasteiger partial charge < -0.3 is 10.3 Å². The molecular formula is C14H17N3. The number of benzene rings is 1. The Morgan fingerprint density at radius 2 is 2.29 bits per heavy atom. The van der Waals surface area contributed by atoms with E-state index in [9.17, 15) is 0 Å². The van der Waals surface area contributed by atoms with Gasteiger partial charge in [0.1, 0.15) is 5.82 Å². The van der Waals surface area contributed by atoms with Crippen molar-refractivity contribution in [1.82, 2.24) is 15.3 Å². The molecule has 1 aromatic carbocycles. The molecule has 0 spiro atoms. The third-order valence-corrected chi connectivity index (χ3v) is 3.37. The summed E-state index contributed by atoms with van der Waals surface area (Å²) in [5.74, 6) is 1.67. The Balaban J connectivity index is 1.89. The zero-order valence-electron chi connectivity index (χ0n) is 10.0. The van der Waals surface area contributed by atoms with Gasteiger partial charge in [-0.1, -0.05) is 23.8 Å². The highest BCUT2D eigenvalue weighted by Gasteiger charge is 2.19. The summed E-state index contributed by atoms with van der Waals surface area (Å²) in [5, 5.41) is 3.37. The highest BCUT2D eigenvalue weighted by molar-refractivity contribution is 5.59. The molecule has 1 saturated heterocycles. The standard InChI is InChI=1S/C14H17N3/c1-10-3-2-4-11(7-10)13-9-16-14(17-13)12-5-6-15-8-12/h2-4,7,9,12,15H,5-6,8H2,1H3,(H,16,17). The Morgan fingerprint density at radius 1 is 1.35 bits per heavy atom. The Kier molecular flexibility index (Phi) is 2.69. The van der Waals surface area contributed by atoms with Gasteiger partial charge in [0.15, 0.2) is 0 Å². The summed E-state index contributed by atoms with van der Waals surface area (Å²) in [6.07, 6.45) is 3.13. The molecule has 2 aromatic rings. The summed E-state index contributed by atoms with van der Waals surface area (Å²) in [6, 6.07) is 8.51. The van der Waals surface area contributed by atoms with Crippen LogP contribution in [0, 0.1) is 6.92 Å². The predicted molar refractivity (Wildman–Crippen MR) is 69.0 cm³/mol. The van der Waals surface area contributed by atoms with Gasteiger partial charge >= 0.3 is 0 Å². The number of nitrogens with one attached hydrogen (secondary N) is 2. The minimum atomic E-state index is 0.550. The van der Waals surface area contributed by atoms with E-state index in [1.807, 2.05) is 6.20 Å². The lowest BCUT2D eigenvalue weighted by atomic mass is 10.1. The largest absolute Gasteiger partial charge is 0.342 e. The molecule has 2 N–H and O–H groups in total. The van der Waals surface area contributed by atoms with Crippen LogP contribution in [0.1, 0.15) is 23.7 Å². The molecule has 3 rings (SSSR count). The number of aryl methyl sites for hydroxylation is 1. The number of aromatic nitrogens is 2. The van der Waals surface area contributed by atoms with E-state index in [1.54, 1.807) is 0 Å². The van der Waals surface area contributed by atoms with Crippen LogP contribution in [0.25, 0.3) is 11.3 Å². The number of H-pyrrole nitrogens is 1. The van der Waals surface area contributed by atoms with Crippen molar-refractivity contribution in [3.05, 3.63) is 41.9 Å². The van der Waals surface area contributed by atoms with Gasteiger partial charge in [-0.15, -0.1) is 0 Å². The highest BCUT2D eigenvalue weighted by atomic mass is 15.0. The fourth-order valence-corrected chi connectivity index (χ4v) is 2.39. The quantitative estimate of drug-likeness (QED) is 0.827. The number of nitrogens with zero attached hydrogens (tertiary/aromatic N) is 1. The first-order valence-electron chi connectivity index (χ1n) is 6.15. The maximum atomic E-state index is 4.51. The van der Waals surface area contributed by atoms with Gasteiger partial charge in [0.25, 0.3) is 0 Å². The van der Waals surface area contributed by atoms with Crippen LogP contribution in [0.15, 0.2) is 30.5 Å². The van der Waals surface area contributed by atoms with Gasteiger partial charge in [-0.25, -0.2) is 4.98 Å². The lowest BCUT2D eigenvalue weighted by Gasteiger charge is -2.03. The second kappa shape index (κ2) is 4.34. The van der Waals surface area contributed by atoms with Crippen LogP contribution in [0.4, 0.5) is 0 Å². The zero-order valence-corrected chi connectivity index (χ0v) is 10.0. The normalized spacial score (nSPS) is 19.7. The number of rotatable bonds is 2. The van der Waals surface area contributed by atoms with E-state index in [4.69, 9.17) is 0 Å². The van der Waals surface area contributed by atoms with Crippen molar-refractivity contribution in [1.29, 1.82) is 0 Å². The molecule has 0 radical (unpaired) electrons. The van der Waals surface area contributed by atoms with E-state index in [0.717, 1.165) is 24.6 Å². The maximum Gasteiger partial charge on any atom is 0.110 e. The van der Waals surface area contributed by atoms with Crippen LogP contribution in [0.5, 0.6) is 0 Å². The van der Waals surface area contributed by atoms with Crippen LogP contribution in [-0.2, 0) is 0 Å². The summed E-state index contributed by atoms with van der Waals surface area (Å²) < 4.78 is 0. The third kappa shape index (κ3) is 2.11. The van der Waals surface area contributed by atoms with E-state index in [0.29, 0.717) is 5.92 Å². The summed E-state index contributed by atoms with van der Waals surface area (Å²) >= 11 is 0. The zero-order chi connectivity index (χ0) is 11.7. The fraction of sp³-hybridized carbons (Fsp3) is 0.357. The first kappa shape index (κ1) is 10.5. The molecule has 0 saturated carbocycles. The average molecular weight is 227 g/mol. The minimum Gasteiger partial charge on any atom is -0.342 e. The van der Waals surface area contributed by atoms with E-state index >= 15 is 0 Å². The maximum absolute atomic E-state index is 4.51. The summed E-state index contributed by atoms with van der Waals surface area (Å²) in [5.41, 5.74) is 3.62. The molecule has 3 nitrogen and oxygen atoms in total. The van der Waals surface area contributed by atoms with Crippen LogP contribution in [0.3, 0.4) is 0 Å². The van der Waals surface area contributed by atoms with Crippen molar-refractivity contribution in [2.75, 3.05) is 13.1 Å². The lowest BCUT2D eigenvalue weighted by molar-refractivity contribution is 0.715. The topological polar surface area (TPSA) is 40.7 Å². The number of hydrogen-bond acceptors (Lipinski definition) is 2. The molecule has 2 heterocycles. The van der Waals surface area contributed by atoms with Gasteiger partial charge in [0, 0.05) is 12.5 Å². The Bertz CT molecular complexity index is 510. The smallest absolute Gasteiger partial charge is 0.110 e. The number of imidazole rings is 1.